The zero-order chi connectivity index (χ0) is 11.3. The molecule has 1 aliphatic heterocycles. The predicted octanol–water partition coefficient (Wildman–Crippen LogP) is 0.360. The summed E-state index contributed by atoms with van der Waals surface area (Å²) in [6, 6.07) is -0.516. The molecule has 86 valence electrons. The average Bonchev–Trinajstić information content (AvgIpc) is 2.28. The van der Waals surface area contributed by atoms with Crippen LogP contribution in [0.15, 0.2) is 0 Å². The van der Waals surface area contributed by atoms with E-state index in [2.05, 4.69) is 0 Å². The third kappa shape index (κ3) is 3.09. The van der Waals surface area contributed by atoms with E-state index < -0.39 is 6.03 Å². The quantitative estimate of drug-likeness (QED) is 0.397. The predicted molar refractivity (Wildman–Crippen MR) is 51.2 cm³/mol. The molecule has 0 aromatic heterocycles. The maximum absolute atomic E-state index is 11.4. The molecule has 0 aromatic rings. The Kier molecular flexibility index (Phi) is 4.36. The van der Waals surface area contributed by atoms with Gasteiger partial charge in [0.1, 0.15) is 0 Å². The molecule has 6 nitrogen and oxygen atoms in total. The molecule has 1 saturated heterocycles. The first-order valence-corrected chi connectivity index (χ1v) is 5.04. The molecule has 2 amide bonds. The van der Waals surface area contributed by atoms with Crippen molar-refractivity contribution >= 4 is 12.0 Å². The maximum Gasteiger partial charge on any atom is 0.341 e. The highest BCUT2D eigenvalue weighted by atomic mass is 16.5. The van der Waals surface area contributed by atoms with Crippen LogP contribution in [-0.2, 0) is 9.53 Å². The fraction of sp³-hybridized carbons (Fsp3) is 0.778. The molecule has 0 spiro atoms. The third-order valence-corrected chi connectivity index (χ3v) is 2.50. The number of carbonyl (C=O) groups excluding carboxylic acids is 2. The summed E-state index contributed by atoms with van der Waals surface area (Å²) in [5, 5.41) is 8.41. The summed E-state index contributed by atoms with van der Waals surface area (Å²) in [5.74, 6) is -0.311. The number of piperidine rings is 1. The number of nitrogens with zero attached hydrogens (tertiary/aromatic N) is 1. The number of amides is 2. The normalized spacial score (nSPS) is 17.3. The first kappa shape index (κ1) is 11.8. The number of hydrogen-bond acceptors (Lipinski definition) is 4. The van der Waals surface area contributed by atoms with Crippen molar-refractivity contribution in [3.05, 3.63) is 0 Å². The molecule has 15 heavy (non-hydrogen) atoms. The fourth-order valence-corrected chi connectivity index (χ4v) is 1.65. The number of nitrogens with one attached hydrogen (secondary N) is 1. The monoisotopic (exact) mass is 216 g/mol. The number of hydrogen-bond donors (Lipinski definition) is 2. The van der Waals surface area contributed by atoms with Crippen LogP contribution in [0.5, 0.6) is 0 Å². The summed E-state index contributed by atoms with van der Waals surface area (Å²) in [7, 11) is 0. The highest BCUT2D eigenvalue weighted by Gasteiger charge is 2.27. The van der Waals surface area contributed by atoms with E-state index in [9.17, 15) is 9.59 Å². The van der Waals surface area contributed by atoms with Crippen molar-refractivity contribution in [1.29, 1.82) is 0 Å². The zero-order valence-corrected chi connectivity index (χ0v) is 8.73. The second-order valence-electron chi connectivity index (χ2n) is 3.43. The van der Waals surface area contributed by atoms with Crippen molar-refractivity contribution in [2.24, 2.45) is 5.92 Å². The minimum atomic E-state index is -0.516. The fourth-order valence-electron chi connectivity index (χ4n) is 1.65. The largest absolute Gasteiger partial charge is 0.466 e. The first-order valence-electron chi connectivity index (χ1n) is 5.04. The molecule has 0 radical (unpaired) electrons. The molecule has 0 saturated carbocycles. The first-order chi connectivity index (χ1) is 7.19. The maximum atomic E-state index is 11.4. The summed E-state index contributed by atoms with van der Waals surface area (Å²) in [5.41, 5.74) is 1.57. The topological polar surface area (TPSA) is 78.9 Å². The molecule has 6 heteroatoms. The Hall–Kier alpha value is -1.30. The van der Waals surface area contributed by atoms with Crippen LogP contribution in [0.25, 0.3) is 0 Å². The Morgan fingerprint density at radius 3 is 2.53 bits per heavy atom. The Bertz CT molecular complexity index is 236. The summed E-state index contributed by atoms with van der Waals surface area (Å²) < 4.78 is 4.90. The lowest BCUT2D eigenvalue weighted by Crippen LogP contribution is -2.44. The molecule has 0 aromatic carbocycles. The summed E-state index contributed by atoms with van der Waals surface area (Å²) in [6.45, 7) is 3.09. The smallest absolute Gasteiger partial charge is 0.341 e. The van der Waals surface area contributed by atoms with Crippen molar-refractivity contribution < 1.29 is 19.5 Å². The molecule has 1 aliphatic rings. The highest BCUT2D eigenvalue weighted by Crippen LogP contribution is 2.18. The van der Waals surface area contributed by atoms with Gasteiger partial charge in [0.2, 0.25) is 0 Å². The molecule has 1 heterocycles. The van der Waals surface area contributed by atoms with Gasteiger partial charge in [-0.15, -0.1) is 0 Å². The van der Waals surface area contributed by atoms with Crippen LogP contribution in [-0.4, -0.2) is 41.8 Å². The second kappa shape index (κ2) is 5.55. The van der Waals surface area contributed by atoms with E-state index in [4.69, 9.17) is 9.94 Å². The average molecular weight is 216 g/mol. The molecule has 0 bridgehead atoms. The standard InChI is InChI=1S/C9H16N2O4/c1-2-15-8(12)7-3-5-11(6-4-7)9(13)10-14/h7,14H,2-6H2,1H3,(H,10,13). The van der Waals surface area contributed by atoms with Gasteiger partial charge in [0.05, 0.1) is 12.5 Å². The van der Waals surface area contributed by atoms with Crippen molar-refractivity contribution in [1.82, 2.24) is 10.4 Å². The van der Waals surface area contributed by atoms with Crippen LogP contribution < -0.4 is 5.48 Å². The summed E-state index contributed by atoms with van der Waals surface area (Å²) in [4.78, 5) is 23.8. The molecule has 1 rings (SSSR count). The zero-order valence-electron chi connectivity index (χ0n) is 8.73. The van der Waals surface area contributed by atoms with E-state index >= 15 is 0 Å². The van der Waals surface area contributed by atoms with Crippen LogP contribution >= 0.6 is 0 Å². The highest BCUT2D eigenvalue weighted by molar-refractivity contribution is 5.75. The Labute approximate surface area is 88.1 Å². The molecule has 2 N–H and O–H groups in total. The van der Waals surface area contributed by atoms with E-state index in [-0.39, 0.29) is 11.9 Å². The van der Waals surface area contributed by atoms with E-state index in [1.165, 1.54) is 4.90 Å². The van der Waals surface area contributed by atoms with Gasteiger partial charge < -0.3 is 9.64 Å². The van der Waals surface area contributed by atoms with E-state index in [0.717, 1.165) is 0 Å². The minimum absolute atomic E-state index is 0.118. The SMILES string of the molecule is CCOC(=O)C1CCN(C(=O)NO)CC1. The van der Waals surface area contributed by atoms with E-state index in [1.807, 2.05) is 0 Å². The van der Waals surface area contributed by atoms with E-state index in [0.29, 0.717) is 32.5 Å². The molecule has 0 atom stereocenters. The molecule has 1 fully saturated rings. The lowest BCUT2D eigenvalue weighted by Gasteiger charge is -2.29. The van der Waals surface area contributed by atoms with Crippen molar-refractivity contribution in [3.63, 3.8) is 0 Å². The van der Waals surface area contributed by atoms with E-state index in [1.54, 1.807) is 12.4 Å². The number of esters is 1. The van der Waals surface area contributed by atoms with Crippen LogP contribution in [0.3, 0.4) is 0 Å². The Morgan fingerprint density at radius 2 is 2.07 bits per heavy atom. The number of ether oxygens (including phenoxy) is 1. The van der Waals surface area contributed by atoms with Gasteiger partial charge in [-0.2, -0.15) is 0 Å². The van der Waals surface area contributed by atoms with Gasteiger partial charge in [-0.1, -0.05) is 0 Å². The van der Waals surface area contributed by atoms with Crippen LogP contribution in [0, 0.1) is 5.92 Å². The van der Waals surface area contributed by atoms with Gasteiger partial charge in [0.25, 0.3) is 0 Å². The summed E-state index contributed by atoms with van der Waals surface area (Å²) >= 11 is 0. The number of rotatable bonds is 2. The molecule has 0 aliphatic carbocycles. The third-order valence-electron chi connectivity index (χ3n) is 2.50. The van der Waals surface area contributed by atoms with Gasteiger partial charge in [-0.05, 0) is 19.8 Å². The number of hydroxylamine groups is 1. The van der Waals surface area contributed by atoms with Gasteiger partial charge in [0, 0.05) is 13.1 Å². The van der Waals surface area contributed by atoms with Crippen LogP contribution in [0.4, 0.5) is 4.79 Å². The van der Waals surface area contributed by atoms with Crippen molar-refractivity contribution in [3.8, 4) is 0 Å². The van der Waals surface area contributed by atoms with Crippen molar-refractivity contribution in [2.45, 2.75) is 19.8 Å². The Balaban J connectivity index is 2.35. The van der Waals surface area contributed by atoms with Gasteiger partial charge in [-0.3, -0.25) is 10.0 Å². The molecular formula is C9H16N2O4. The molecular weight excluding hydrogens is 200 g/mol. The van der Waals surface area contributed by atoms with Crippen LogP contribution in [0.1, 0.15) is 19.8 Å². The van der Waals surface area contributed by atoms with Crippen molar-refractivity contribution in [2.75, 3.05) is 19.7 Å². The number of likely N-dealkylation sites (tertiary alicyclic amines) is 1. The minimum Gasteiger partial charge on any atom is -0.466 e. The lowest BCUT2D eigenvalue weighted by atomic mass is 9.97. The number of urea groups is 1. The van der Waals surface area contributed by atoms with Crippen LogP contribution in [0.2, 0.25) is 0 Å². The van der Waals surface area contributed by atoms with Gasteiger partial charge >= 0.3 is 12.0 Å². The second-order valence-corrected chi connectivity index (χ2v) is 3.43. The lowest BCUT2D eigenvalue weighted by molar-refractivity contribution is -0.149. The summed E-state index contributed by atoms with van der Waals surface area (Å²) in [6.07, 6.45) is 1.18. The van der Waals surface area contributed by atoms with Gasteiger partial charge in [0.15, 0.2) is 0 Å². The van der Waals surface area contributed by atoms with Gasteiger partial charge in [-0.25, -0.2) is 10.3 Å². The Morgan fingerprint density at radius 1 is 1.47 bits per heavy atom. The molecule has 0 unspecified atom stereocenters. The number of carbonyl (C=O) groups is 2.